The predicted molar refractivity (Wildman–Crippen MR) is 71.4 cm³/mol. The second-order valence-electron chi connectivity index (χ2n) is 5.05. The second-order valence-corrected chi connectivity index (χ2v) is 5.05. The molecule has 3 heterocycles. The van der Waals surface area contributed by atoms with Crippen LogP contribution >= 0.6 is 0 Å². The number of nitrogens with one attached hydrogen (secondary N) is 3. The number of hydrogen-bond donors (Lipinski definition) is 7. The van der Waals surface area contributed by atoms with Gasteiger partial charge in [0.2, 0.25) is 0 Å². The van der Waals surface area contributed by atoms with Crippen LogP contribution in [0.15, 0.2) is 11.1 Å². The number of aliphatic hydroxyl groups excluding tert-OH is 4. The highest BCUT2D eigenvalue weighted by Gasteiger charge is 2.43. The van der Waals surface area contributed by atoms with E-state index in [9.17, 15) is 25.2 Å². The van der Waals surface area contributed by atoms with Gasteiger partial charge < -0.3 is 35.7 Å². The summed E-state index contributed by atoms with van der Waals surface area (Å²) in [5.74, 6) is 0. The number of aromatic nitrogens is 3. The van der Waals surface area contributed by atoms with Crippen molar-refractivity contribution in [1.82, 2.24) is 20.3 Å². The highest BCUT2D eigenvalue weighted by Crippen LogP contribution is 2.33. The van der Waals surface area contributed by atoms with Gasteiger partial charge in [-0.2, -0.15) is 0 Å². The van der Waals surface area contributed by atoms with Crippen LogP contribution in [0, 0.1) is 0 Å². The molecule has 4 atom stereocenters. The molecule has 0 radical (unpaired) electrons. The smallest absolute Gasteiger partial charge is 0.275 e. The van der Waals surface area contributed by atoms with E-state index in [0.29, 0.717) is 16.8 Å². The monoisotopic (exact) mass is 296 g/mol. The van der Waals surface area contributed by atoms with Gasteiger partial charge in [-0.25, -0.2) is 4.98 Å². The van der Waals surface area contributed by atoms with Crippen molar-refractivity contribution in [3.8, 4) is 0 Å². The molecular formula is C12H16N4O5. The normalized spacial score (nSPS) is 29.3. The summed E-state index contributed by atoms with van der Waals surface area (Å²) in [5.41, 5.74) is 0.850. The Morgan fingerprint density at radius 1 is 1.24 bits per heavy atom. The third kappa shape index (κ3) is 2.06. The minimum Gasteiger partial charge on any atom is -0.395 e. The molecule has 0 spiro atoms. The number of H-pyrrole nitrogens is 2. The van der Waals surface area contributed by atoms with Crippen molar-refractivity contribution in [2.75, 3.05) is 6.61 Å². The molecule has 2 aromatic rings. The fourth-order valence-electron chi connectivity index (χ4n) is 2.82. The van der Waals surface area contributed by atoms with E-state index >= 15 is 0 Å². The molecule has 0 aliphatic carbocycles. The Morgan fingerprint density at radius 3 is 2.62 bits per heavy atom. The van der Waals surface area contributed by atoms with E-state index in [1.54, 1.807) is 0 Å². The molecule has 3 rings (SSSR count). The molecule has 0 amide bonds. The van der Waals surface area contributed by atoms with E-state index < -0.39 is 29.9 Å². The molecule has 9 heteroatoms. The summed E-state index contributed by atoms with van der Waals surface area (Å²) in [4.78, 5) is 21.0. The zero-order valence-corrected chi connectivity index (χ0v) is 10.9. The molecule has 1 fully saturated rings. The Morgan fingerprint density at radius 2 is 2.00 bits per heavy atom. The summed E-state index contributed by atoms with van der Waals surface area (Å²) in [6, 6.07) is -1.44. The summed E-state index contributed by atoms with van der Waals surface area (Å²) >= 11 is 0. The maximum Gasteiger partial charge on any atom is 0.275 e. The van der Waals surface area contributed by atoms with E-state index in [0.717, 1.165) is 0 Å². The van der Waals surface area contributed by atoms with Gasteiger partial charge in [-0.3, -0.25) is 4.79 Å². The van der Waals surface area contributed by atoms with E-state index in [1.807, 2.05) is 0 Å². The van der Waals surface area contributed by atoms with Crippen molar-refractivity contribution in [2.45, 2.75) is 30.9 Å². The molecule has 0 bridgehead atoms. The predicted octanol–water partition coefficient (Wildman–Crippen LogP) is -2.53. The van der Waals surface area contributed by atoms with Crippen molar-refractivity contribution in [3.05, 3.63) is 27.9 Å². The topological polar surface area (TPSA) is 154 Å². The Balaban J connectivity index is 2.16. The van der Waals surface area contributed by atoms with Crippen LogP contribution in [-0.4, -0.2) is 60.2 Å². The third-order valence-electron chi connectivity index (χ3n) is 3.87. The first kappa shape index (κ1) is 14.2. The average Bonchev–Trinajstić information content (AvgIpc) is 2.99. The number of aliphatic hydroxyl groups is 4. The van der Waals surface area contributed by atoms with Crippen molar-refractivity contribution in [2.24, 2.45) is 0 Å². The molecule has 21 heavy (non-hydrogen) atoms. The minimum absolute atomic E-state index is 0.187. The molecule has 0 aromatic carbocycles. The largest absolute Gasteiger partial charge is 0.395 e. The number of nitrogens with zero attached hydrogens (tertiary/aromatic N) is 1. The highest BCUT2D eigenvalue weighted by molar-refractivity contribution is 5.80. The quantitative estimate of drug-likeness (QED) is 0.329. The Hall–Kier alpha value is -1.78. The van der Waals surface area contributed by atoms with Gasteiger partial charge in [-0.05, 0) is 0 Å². The molecular weight excluding hydrogens is 280 g/mol. The summed E-state index contributed by atoms with van der Waals surface area (Å²) in [7, 11) is 0. The first-order valence-electron chi connectivity index (χ1n) is 6.50. The number of aromatic amines is 2. The standard InChI is InChI=1S/C12H16N4O5/c17-1-4-6(7-9(15-4)12(21)14-3-13-7)8-11(20)10(19)5(2-18)16-8/h3,5,8,10-11,15-20H,1-2H2,(H,13,14,21)/t5-,8+,10-,11+/m1/s1. The van der Waals surface area contributed by atoms with Crippen LogP contribution in [0.3, 0.4) is 0 Å². The minimum atomic E-state index is -1.19. The molecule has 1 saturated heterocycles. The van der Waals surface area contributed by atoms with E-state index in [1.165, 1.54) is 6.33 Å². The Bertz CT molecular complexity index is 711. The van der Waals surface area contributed by atoms with Gasteiger partial charge in [-0.15, -0.1) is 0 Å². The molecule has 0 saturated carbocycles. The van der Waals surface area contributed by atoms with Gasteiger partial charge in [0, 0.05) is 11.3 Å². The first-order chi connectivity index (χ1) is 10.1. The zero-order chi connectivity index (χ0) is 15.1. The number of fused-ring (bicyclic) bond motifs is 1. The fraction of sp³-hybridized carbons (Fsp3) is 0.500. The maximum atomic E-state index is 11.8. The van der Waals surface area contributed by atoms with Crippen molar-refractivity contribution >= 4 is 11.0 Å². The summed E-state index contributed by atoms with van der Waals surface area (Å²) in [5, 5.41) is 41.6. The SMILES string of the molecule is O=c1[nH]cnc2c([C@@H]3N[C@H](CO)[C@@H](O)[C@H]3O)c(CO)[nH]c12. The Kier molecular flexibility index (Phi) is 3.51. The summed E-state index contributed by atoms with van der Waals surface area (Å²) < 4.78 is 0. The third-order valence-corrected chi connectivity index (χ3v) is 3.87. The molecule has 9 nitrogen and oxygen atoms in total. The lowest BCUT2D eigenvalue weighted by atomic mass is 10.0. The number of rotatable bonds is 3. The molecule has 1 aliphatic rings. The van der Waals surface area contributed by atoms with Crippen molar-refractivity contribution < 1.29 is 20.4 Å². The lowest BCUT2D eigenvalue weighted by molar-refractivity contribution is 0.0194. The molecule has 2 aromatic heterocycles. The second kappa shape index (κ2) is 5.20. The highest BCUT2D eigenvalue weighted by atomic mass is 16.3. The lowest BCUT2D eigenvalue weighted by Crippen LogP contribution is -2.35. The zero-order valence-electron chi connectivity index (χ0n) is 10.9. The van der Waals surface area contributed by atoms with Crippen LogP contribution in [0.1, 0.15) is 17.3 Å². The van der Waals surface area contributed by atoms with Crippen LogP contribution in [-0.2, 0) is 6.61 Å². The van der Waals surface area contributed by atoms with Crippen LogP contribution < -0.4 is 10.9 Å². The van der Waals surface area contributed by atoms with Gasteiger partial charge in [-0.1, -0.05) is 0 Å². The molecule has 0 unspecified atom stereocenters. The maximum absolute atomic E-state index is 11.8. The molecule has 7 N–H and O–H groups in total. The van der Waals surface area contributed by atoms with E-state index in [-0.39, 0.29) is 18.7 Å². The first-order valence-corrected chi connectivity index (χ1v) is 6.50. The van der Waals surface area contributed by atoms with E-state index in [4.69, 9.17) is 0 Å². The summed E-state index contributed by atoms with van der Waals surface area (Å²) in [6.45, 7) is -0.727. The summed E-state index contributed by atoms with van der Waals surface area (Å²) in [6.07, 6.45) is -1.12. The molecule has 114 valence electrons. The molecule has 1 aliphatic heterocycles. The van der Waals surface area contributed by atoms with Crippen LogP contribution in [0.2, 0.25) is 0 Å². The van der Waals surface area contributed by atoms with Crippen molar-refractivity contribution in [1.29, 1.82) is 0 Å². The van der Waals surface area contributed by atoms with Crippen LogP contribution in [0.25, 0.3) is 11.0 Å². The number of hydrogen-bond acceptors (Lipinski definition) is 7. The van der Waals surface area contributed by atoms with E-state index in [2.05, 4.69) is 20.3 Å². The fourth-order valence-corrected chi connectivity index (χ4v) is 2.82. The lowest BCUT2D eigenvalue weighted by Gasteiger charge is -2.16. The van der Waals surface area contributed by atoms with Gasteiger partial charge in [0.25, 0.3) is 5.56 Å². The average molecular weight is 296 g/mol. The van der Waals surface area contributed by atoms with Crippen LogP contribution in [0.4, 0.5) is 0 Å². The van der Waals surface area contributed by atoms with Crippen LogP contribution in [0.5, 0.6) is 0 Å². The van der Waals surface area contributed by atoms with Gasteiger partial charge >= 0.3 is 0 Å². The van der Waals surface area contributed by atoms with Crippen molar-refractivity contribution in [3.63, 3.8) is 0 Å². The Labute approximate surface area is 118 Å². The van der Waals surface area contributed by atoms with Gasteiger partial charge in [0.05, 0.1) is 37.7 Å². The van der Waals surface area contributed by atoms with Gasteiger partial charge in [0.15, 0.2) is 0 Å². The van der Waals surface area contributed by atoms with Gasteiger partial charge in [0.1, 0.15) is 17.1 Å².